The molecule has 1 heterocycles. The third kappa shape index (κ3) is 1.49. The number of amides is 1. The van der Waals surface area contributed by atoms with E-state index in [9.17, 15) is 9.59 Å². The molecule has 1 amide bonds. The van der Waals surface area contributed by atoms with Gasteiger partial charge in [0, 0.05) is 19.5 Å². The van der Waals surface area contributed by atoms with Crippen molar-refractivity contribution in [3.63, 3.8) is 0 Å². The third-order valence-electron chi connectivity index (χ3n) is 4.20. The number of nitrogens with zero attached hydrogens (tertiary/aromatic N) is 2. The molecule has 0 saturated carbocycles. The largest absolute Gasteiger partial charge is 0.345 e. The fourth-order valence-corrected chi connectivity index (χ4v) is 3.13. The normalized spacial score (nSPS) is 37.3. The Kier molecular flexibility index (Phi) is 2.57. The highest BCUT2D eigenvalue weighted by atomic mass is 16.2. The second-order valence-electron chi connectivity index (χ2n) is 5.23. The minimum absolute atomic E-state index is 0.0147. The molecule has 2 aliphatic rings. The number of allylic oxidation sites excluding steroid dienone is 1. The highest BCUT2D eigenvalue weighted by molar-refractivity contribution is 6.04. The molecule has 0 radical (unpaired) electrons. The second kappa shape index (κ2) is 3.69. The molecule has 90 valence electrons. The van der Waals surface area contributed by atoms with Crippen LogP contribution in [0.4, 0.5) is 0 Å². The van der Waals surface area contributed by atoms with Gasteiger partial charge in [0.2, 0.25) is 5.91 Å². The van der Waals surface area contributed by atoms with Crippen LogP contribution in [-0.4, -0.2) is 30.2 Å². The minimum Gasteiger partial charge on any atom is -0.345 e. The van der Waals surface area contributed by atoms with Gasteiger partial charge >= 0.3 is 0 Å². The maximum Gasteiger partial charge on any atom is 0.232 e. The standard InChI is InChI=1S/C13H16N2O2/c1-8-10-4-5-15(3)12(17)13(10,2)6-9(7-14)11(8)16/h6,8,10H,4-5H2,1-3H3/t8-,10-,13-/m0/s1. The van der Waals surface area contributed by atoms with E-state index < -0.39 is 5.41 Å². The lowest BCUT2D eigenvalue weighted by Gasteiger charge is -2.46. The van der Waals surface area contributed by atoms with Gasteiger partial charge in [0.05, 0.1) is 11.0 Å². The van der Waals surface area contributed by atoms with Crippen LogP contribution in [0.3, 0.4) is 0 Å². The minimum atomic E-state index is -0.689. The Morgan fingerprint density at radius 3 is 2.76 bits per heavy atom. The van der Waals surface area contributed by atoms with Crippen LogP contribution in [0.15, 0.2) is 11.6 Å². The monoisotopic (exact) mass is 232 g/mol. The van der Waals surface area contributed by atoms with E-state index in [-0.39, 0.29) is 29.1 Å². The molecular formula is C13H16N2O2. The van der Waals surface area contributed by atoms with Crippen molar-refractivity contribution in [2.75, 3.05) is 13.6 Å². The van der Waals surface area contributed by atoms with Gasteiger partial charge < -0.3 is 4.90 Å². The molecule has 0 unspecified atom stereocenters. The Morgan fingerprint density at radius 1 is 1.53 bits per heavy atom. The maximum absolute atomic E-state index is 12.3. The molecule has 0 aromatic rings. The Bertz CT molecular complexity index is 461. The first kappa shape index (κ1) is 11.8. The molecule has 1 fully saturated rings. The lowest BCUT2D eigenvalue weighted by atomic mass is 9.61. The molecule has 0 N–H and O–H groups in total. The highest BCUT2D eigenvalue weighted by Crippen LogP contribution is 2.46. The first-order valence-corrected chi connectivity index (χ1v) is 5.84. The topological polar surface area (TPSA) is 61.2 Å². The van der Waals surface area contributed by atoms with Gasteiger partial charge in [-0.05, 0) is 25.3 Å². The number of likely N-dealkylation sites (tertiary alicyclic amines) is 1. The fraction of sp³-hybridized carbons (Fsp3) is 0.615. The van der Waals surface area contributed by atoms with Gasteiger partial charge in [-0.15, -0.1) is 0 Å². The van der Waals surface area contributed by atoms with Gasteiger partial charge in [0.1, 0.15) is 6.07 Å². The van der Waals surface area contributed by atoms with Crippen LogP contribution >= 0.6 is 0 Å². The Morgan fingerprint density at radius 2 is 2.18 bits per heavy atom. The third-order valence-corrected chi connectivity index (χ3v) is 4.20. The van der Waals surface area contributed by atoms with E-state index in [4.69, 9.17) is 5.26 Å². The van der Waals surface area contributed by atoms with E-state index in [1.54, 1.807) is 18.0 Å². The van der Waals surface area contributed by atoms with Crippen LogP contribution < -0.4 is 0 Å². The van der Waals surface area contributed by atoms with Crippen molar-refractivity contribution >= 4 is 11.7 Å². The predicted molar refractivity (Wildman–Crippen MR) is 61.7 cm³/mol. The summed E-state index contributed by atoms with van der Waals surface area (Å²) in [4.78, 5) is 25.9. The van der Waals surface area contributed by atoms with Crippen molar-refractivity contribution in [2.45, 2.75) is 20.3 Å². The maximum atomic E-state index is 12.3. The molecule has 0 aromatic carbocycles. The van der Waals surface area contributed by atoms with E-state index in [2.05, 4.69) is 0 Å². The van der Waals surface area contributed by atoms with Gasteiger partial charge in [-0.25, -0.2) is 0 Å². The van der Waals surface area contributed by atoms with E-state index in [1.807, 2.05) is 19.9 Å². The zero-order chi connectivity index (χ0) is 12.8. The summed E-state index contributed by atoms with van der Waals surface area (Å²) in [6, 6.07) is 1.92. The van der Waals surface area contributed by atoms with Crippen molar-refractivity contribution in [2.24, 2.45) is 17.3 Å². The summed E-state index contributed by atoms with van der Waals surface area (Å²) in [5.74, 6) is -0.318. The van der Waals surface area contributed by atoms with Crippen LogP contribution in [-0.2, 0) is 9.59 Å². The number of Topliss-reactive ketones (excluding diaryl/α,β-unsaturated/α-hetero) is 1. The number of ketones is 1. The van der Waals surface area contributed by atoms with Crippen LogP contribution in [0.1, 0.15) is 20.3 Å². The molecule has 0 bridgehead atoms. The quantitative estimate of drug-likeness (QED) is 0.629. The average Bonchev–Trinajstić information content (AvgIpc) is 2.31. The van der Waals surface area contributed by atoms with Gasteiger partial charge in [-0.2, -0.15) is 5.26 Å². The smallest absolute Gasteiger partial charge is 0.232 e. The number of hydrogen-bond acceptors (Lipinski definition) is 3. The Balaban J connectivity index is 2.54. The zero-order valence-electron chi connectivity index (χ0n) is 10.4. The van der Waals surface area contributed by atoms with Crippen LogP contribution in [0.25, 0.3) is 0 Å². The van der Waals surface area contributed by atoms with E-state index in [0.29, 0.717) is 6.54 Å². The zero-order valence-corrected chi connectivity index (χ0v) is 10.4. The van der Waals surface area contributed by atoms with Gasteiger partial charge in [0.15, 0.2) is 5.78 Å². The molecule has 4 heteroatoms. The lowest BCUT2D eigenvalue weighted by molar-refractivity contribution is -0.148. The molecule has 1 aliphatic carbocycles. The SMILES string of the molecule is C[C@@H]1C(=O)C(C#N)=C[C@]2(C)C(=O)N(C)CC[C@@H]12. The number of hydrogen-bond donors (Lipinski definition) is 0. The average molecular weight is 232 g/mol. The Hall–Kier alpha value is -1.63. The first-order valence-electron chi connectivity index (χ1n) is 5.84. The fourth-order valence-electron chi connectivity index (χ4n) is 3.13. The molecule has 0 aromatic heterocycles. The number of piperidine rings is 1. The molecule has 17 heavy (non-hydrogen) atoms. The number of carbonyl (C=O) groups excluding carboxylic acids is 2. The second-order valence-corrected chi connectivity index (χ2v) is 5.23. The molecule has 1 aliphatic heterocycles. The molecule has 4 nitrogen and oxygen atoms in total. The molecule has 1 saturated heterocycles. The predicted octanol–water partition coefficient (Wildman–Crippen LogP) is 1.14. The van der Waals surface area contributed by atoms with Gasteiger partial charge in [-0.3, -0.25) is 9.59 Å². The number of rotatable bonds is 0. The van der Waals surface area contributed by atoms with E-state index in [1.165, 1.54) is 0 Å². The Labute approximate surface area is 101 Å². The van der Waals surface area contributed by atoms with Crippen molar-refractivity contribution in [1.29, 1.82) is 5.26 Å². The number of nitriles is 1. The highest BCUT2D eigenvalue weighted by Gasteiger charge is 2.51. The summed E-state index contributed by atoms with van der Waals surface area (Å²) in [7, 11) is 1.77. The van der Waals surface area contributed by atoms with E-state index in [0.717, 1.165) is 6.42 Å². The van der Waals surface area contributed by atoms with Crippen molar-refractivity contribution in [1.82, 2.24) is 4.90 Å². The summed E-state index contributed by atoms with van der Waals surface area (Å²) < 4.78 is 0. The van der Waals surface area contributed by atoms with Gasteiger partial charge in [-0.1, -0.05) is 6.92 Å². The lowest BCUT2D eigenvalue weighted by Crippen LogP contribution is -2.54. The summed E-state index contributed by atoms with van der Waals surface area (Å²) in [5.41, 5.74) is -0.550. The van der Waals surface area contributed by atoms with Crippen LogP contribution in [0, 0.1) is 28.6 Å². The van der Waals surface area contributed by atoms with Crippen molar-refractivity contribution < 1.29 is 9.59 Å². The van der Waals surface area contributed by atoms with Crippen LogP contribution in [0.2, 0.25) is 0 Å². The van der Waals surface area contributed by atoms with Crippen LogP contribution in [0.5, 0.6) is 0 Å². The summed E-state index contributed by atoms with van der Waals surface area (Å²) >= 11 is 0. The number of carbonyl (C=O) groups is 2. The molecule has 0 spiro atoms. The molecule has 3 atom stereocenters. The van der Waals surface area contributed by atoms with Crippen molar-refractivity contribution in [3.05, 3.63) is 11.6 Å². The van der Waals surface area contributed by atoms with E-state index >= 15 is 0 Å². The van der Waals surface area contributed by atoms with Crippen molar-refractivity contribution in [3.8, 4) is 6.07 Å². The summed E-state index contributed by atoms with van der Waals surface area (Å²) in [5, 5.41) is 8.97. The summed E-state index contributed by atoms with van der Waals surface area (Å²) in [6.07, 6.45) is 2.40. The number of fused-ring (bicyclic) bond motifs is 1. The summed E-state index contributed by atoms with van der Waals surface area (Å²) in [6.45, 7) is 4.36. The first-order chi connectivity index (χ1) is 7.91. The molecular weight excluding hydrogens is 216 g/mol. The molecule has 2 rings (SSSR count). The van der Waals surface area contributed by atoms with Gasteiger partial charge in [0.25, 0.3) is 0 Å².